The first kappa shape index (κ1) is 15.7. The van der Waals surface area contributed by atoms with Gasteiger partial charge in [0.15, 0.2) is 17.2 Å². The molecule has 0 saturated heterocycles. The van der Waals surface area contributed by atoms with Gasteiger partial charge in [0.2, 0.25) is 0 Å². The highest BCUT2D eigenvalue weighted by Gasteiger charge is 2.52. The summed E-state index contributed by atoms with van der Waals surface area (Å²) in [7, 11) is 1.67. The molecule has 1 N–H and O–H groups in total. The van der Waals surface area contributed by atoms with E-state index in [4.69, 9.17) is 9.47 Å². The number of ether oxygens (including phenoxy) is 2. The minimum Gasteiger partial charge on any atom is -0.491 e. The quantitative estimate of drug-likeness (QED) is 0.785. The fraction of sp³-hybridized carbons (Fsp3) is 0.533. The molecule has 0 heterocycles. The maximum Gasteiger partial charge on any atom is 0.330 e. The van der Waals surface area contributed by atoms with Crippen LogP contribution in [0.3, 0.4) is 0 Å². The molecule has 4 nitrogen and oxygen atoms in total. The molecule has 2 rings (SSSR count). The molecule has 1 atom stereocenters. The van der Waals surface area contributed by atoms with Crippen LogP contribution in [0.4, 0.5) is 8.78 Å². The predicted molar refractivity (Wildman–Crippen MR) is 73.0 cm³/mol. The Morgan fingerprint density at radius 1 is 1.38 bits per heavy atom. The van der Waals surface area contributed by atoms with Gasteiger partial charge in [0.1, 0.15) is 12.4 Å². The zero-order valence-electron chi connectivity index (χ0n) is 12.1. The van der Waals surface area contributed by atoms with Gasteiger partial charge in [0, 0.05) is 6.07 Å². The van der Waals surface area contributed by atoms with Gasteiger partial charge >= 0.3 is 5.97 Å². The first-order valence-corrected chi connectivity index (χ1v) is 6.97. The Kier molecular flexibility index (Phi) is 4.77. The van der Waals surface area contributed by atoms with Crippen LogP contribution in [0.1, 0.15) is 19.8 Å². The monoisotopic (exact) mass is 299 g/mol. The number of rotatable bonds is 7. The Morgan fingerprint density at radius 3 is 2.62 bits per heavy atom. The highest BCUT2D eigenvalue weighted by atomic mass is 19.2. The van der Waals surface area contributed by atoms with Gasteiger partial charge in [-0.15, -0.1) is 0 Å². The molecule has 1 aliphatic carbocycles. The minimum atomic E-state index is -0.981. The lowest BCUT2D eigenvalue weighted by Gasteiger charge is -2.31. The second-order valence-corrected chi connectivity index (χ2v) is 5.08. The fourth-order valence-electron chi connectivity index (χ4n) is 2.32. The molecule has 1 aromatic carbocycles. The molecular formula is C15H19F2NO3. The molecule has 1 saturated carbocycles. The van der Waals surface area contributed by atoms with Crippen molar-refractivity contribution in [3.63, 3.8) is 0 Å². The summed E-state index contributed by atoms with van der Waals surface area (Å²) >= 11 is 0. The zero-order chi connectivity index (χ0) is 15.5. The molecule has 0 radical (unpaired) electrons. The molecule has 0 spiro atoms. The average Bonchev–Trinajstić information content (AvgIpc) is 3.29. The Morgan fingerprint density at radius 2 is 2.10 bits per heavy atom. The molecule has 0 aliphatic heterocycles. The number of hydrogen-bond acceptors (Lipinski definition) is 4. The molecule has 1 unspecified atom stereocenters. The van der Waals surface area contributed by atoms with Crippen LogP contribution in [0.25, 0.3) is 0 Å². The lowest BCUT2D eigenvalue weighted by Crippen LogP contribution is -2.57. The summed E-state index contributed by atoms with van der Waals surface area (Å²) < 4.78 is 36.7. The van der Waals surface area contributed by atoms with Crippen LogP contribution in [-0.2, 0) is 9.53 Å². The van der Waals surface area contributed by atoms with Crippen molar-refractivity contribution in [1.29, 1.82) is 0 Å². The summed E-state index contributed by atoms with van der Waals surface area (Å²) in [6, 6.07) is 3.29. The number of benzene rings is 1. The van der Waals surface area contributed by atoms with Crippen LogP contribution < -0.4 is 10.1 Å². The van der Waals surface area contributed by atoms with E-state index in [0.717, 1.165) is 25.0 Å². The maximum absolute atomic E-state index is 13.2. The van der Waals surface area contributed by atoms with E-state index in [1.54, 1.807) is 14.0 Å². The second kappa shape index (κ2) is 6.39. The molecule has 0 amide bonds. The third-order valence-electron chi connectivity index (χ3n) is 3.72. The van der Waals surface area contributed by atoms with E-state index >= 15 is 0 Å². The van der Waals surface area contributed by atoms with E-state index < -0.39 is 17.2 Å². The van der Waals surface area contributed by atoms with Crippen molar-refractivity contribution < 1.29 is 23.0 Å². The second-order valence-electron chi connectivity index (χ2n) is 5.08. The molecule has 1 aliphatic rings. The molecule has 0 bridgehead atoms. The summed E-state index contributed by atoms with van der Waals surface area (Å²) in [5.41, 5.74) is -0.944. The van der Waals surface area contributed by atoms with Crippen LogP contribution in [0.15, 0.2) is 18.2 Å². The van der Waals surface area contributed by atoms with Gasteiger partial charge in [0.05, 0.1) is 6.61 Å². The van der Waals surface area contributed by atoms with E-state index in [1.807, 2.05) is 0 Å². The Balaban J connectivity index is 2.11. The van der Waals surface area contributed by atoms with E-state index in [0.29, 0.717) is 0 Å². The number of likely N-dealkylation sites (N-methyl/N-ethyl adjacent to an activating group) is 1. The number of hydrogen-bond donors (Lipinski definition) is 1. The minimum absolute atomic E-state index is 0.0120. The van der Waals surface area contributed by atoms with Crippen molar-refractivity contribution in [2.75, 3.05) is 20.3 Å². The van der Waals surface area contributed by atoms with Crippen molar-refractivity contribution >= 4 is 5.97 Å². The Hall–Kier alpha value is -1.69. The van der Waals surface area contributed by atoms with Crippen LogP contribution in [0.5, 0.6) is 5.75 Å². The van der Waals surface area contributed by atoms with Crippen molar-refractivity contribution in [3.05, 3.63) is 29.8 Å². The highest BCUT2D eigenvalue weighted by Crippen LogP contribution is 2.40. The largest absolute Gasteiger partial charge is 0.491 e. The number of nitrogens with one attached hydrogen (secondary N) is 1. The molecule has 1 fully saturated rings. The molecule has 6 heteroatoms. The Labute approximate surface area is 122 Å². The van der Waals surface area contributed by atoms with Crippen molar-refractivity contribution in [2.45, 2.75) is 25.3 Å². The molecular weight excluding hydrogens is 280 g/mol. The first-order chi connectivity index (χ1) is 10.0. The van der Waals surface area contributed by atoms with Gasteiger partial charge in [0.25, 0.3) is 0 Å². The van der Waals surface area contributed by atoms with Crippen molar-refractivity contribution in [3.8, 4) is 5.75 Å². The summed E-state index contributed by atoms with van der Waals surface area (Å²) in [6.45, 7) is 2.03. The maximum atomic E-state index is 13.2. The van der Waals surface area contributed by atoms with Gasteiger partial charge in [-0.2, -0.15) is 0 Å². The van der Waals surface area contributed by atoms with Gasteiger partial charge in [-0.05, 0) is 44.9 Å². The van der Waals surface area contributed by atoms with Crippen LogP contribution in [0.2, 0.25) is 0 Å². The van der Waals surface area contributed by atoms with Gasteiger partial charge < -0.3 is 14.8 Å². The summed E-state index contributed by atoms with van der Waals surface area (Å²) in [5.74, 6) is -1.98. The number of halogens is 2. The third-order valence-corrected chi connectivity index (χ3v) is 3.72. The van der Waals surface area contributed by atoms with E-state index in [-0.39, 0.29) is 30.9 Å². The Bertz CT molecular complexity index is 520. The van der Waals surface area contributed by atoms with E-state index in [9.17, 15) is 13.6 Å². The third kappa shape index (κ3) is 3.32. The number of carbonyl (C=O) groups excluding carboxylic acids is 1. The fourth-order valence-corrected chi connectivity index (χ4v) is 2.32. The van der Waals surface area contributed by atoms with Gasteiger partial charge in [-0.3, -0.25) is 0 Å². The smallest absolute Gasteiger partial charge is 0.330 e. The van der Waals surface area contributed by atoms with Crippen LogP contribution >= 0.6 is 0 Å². The van der Waals surface area contributed by atoms with Gasteiger partial charge in [-0.25, -0.2) is 13.6 Å². The highest BCUT2D eigenvalue weighted by molar-refractivity contribution is 5.82. The lowest BCUT2D eigenvalue weighted by molar-refractivity contribution is -0.153. The molecule has 0 aromatic heterocycles. The zero-order valence-corrected chi connectivity index (χ0v) is 12.1. The lowest BCUT2D eigenvalue weighted by atomic mass is 9.94. The standard InChI is InChI=1S/C15H19F2NO3/c1-3-20-14(19)15(18-2,10-4-5-10)9-21-11-6-7-12(16)13(17)8-11/h6-8,10,18H,3-5,9H2,1-2H3. The van der Waals surface area contributed by atoms with E-state index in [2.05, 4.69) is 5.32 Å². The average molecular weight is 299 g/mol. The van der Waals surface area contributed by atoms with Crippen LogP contribution in [0, 0.1) is 17.6 Å². The topological polar surface area (TPSA) is 47.6 Å². The summed E-state index contributed by atoms with van der Waals surface area (Å²) in [4.78, 5) is 12.2. The number of carbonyl (C=O) groups is 1. The molecule has 1 aromatic rings. The molecule has 116 valence electrons. The van der Waals surface area contributed by atoms with Crippen molar-refractivity contribution in [1.82, 2.24) is 5.32 Å². The summed E-state index contributed by atoms with van der Waals surface area (Å²) in [6.07, 6.45) is 1.81. The predicted octanol–water partition coefficient (Wildman–Crippen LogP) is 2.27. The first-order valence-electron chi connectivity index (χ1n) is 6.97. The van der Waals surface area contributed by atoms with Gasteiger partial charge in [-0.1, -0.05) is 0 Å². The summed E-state index contributed by atoms with van der Waals surface area (Å²) in [5, 5.41) is 2.99. The SMILES string of the molecule is CCOC(=O)C(COc1ccc(F)c(F)c1)(NC)C1CC1. The number of esters is 1. The van der Waals surface area contributed by atoms with E-state index in [1.165, 1.54) is 6.07 Å². The van der Waals surface area contributed by atoms with Crippen LogP contribution in [-0.4, -0.2) is 31.8 Å². The van der Waals surface area contributed by atoms with Crippen molar-refractivity contribution in [2.24, 2.45) is 5.92 Å². The normalized spacial score (nSPS) is 17.1. The molecule has 21 heavy (non-hydrogen) atoms.